The van der Waals surface area contributed by atoms with Gasteiger partial charge in [-0.15, -0.1) is 0 Å². The SMILES string of the molecule is O=C1N[C@@H]2CCN(C(=O)CCCc3cn[nH]c3)C[C@@H]2C/C=C/CC2(CCOCC2)C(=O)N[C@H]1Cc1ccccc1. The van der Waals surface area contributed by atoms with Gasteiger partial charge in [-0.3, -0.25) is 19.5 Å². The lowest BCUT2D eigenvalue weighted by Gasteiger charge is -2.40. The van der Waals surface area contributed by atoms with Crippen molar-refractivity contribution in [2.75, 3.05) is 26.3 Å². The number of H-pyrrole nitrogens is 1. The van der Waals surface area contributed by atoms with Crippen LogP contribution in [0, 0.1) is 11.3 Å². The van der Waals surface area contributed by atoms with Gasteiger partial charge in [0.2, 0.25) is 17.7 Å². The molecule has 0 radical (unpaired) electrons. The maximum atomic E-state index is 13.7. The first-order chi connectivity index (χ1) is 19.5. The molecule has 1 aromatic carbocycles. The molecule has 3 amide bonds. The van der Waals surface area contributed by atoms with E-state index in [1.807, 2.05) is 41.4 Å². The maximum Gasteiger partial charge on any atom is 0.243 e. The monoisotopic (exact) mass is 547 g/mol. The van der Waals surface area contributed by atoms with E-state index in [9.17, 15) is 14.4 Å². The number of piperidine rings is 1. The largest absolute Gasteiger partial charge is 0.381 e. The molecule has 3 atom stereocenters. The topological polar surface area (TPSA) is 116 Å². The number of hydrogen-bond acceptors (Lipinski definition) is 5. The lowest BCUT2D eigenvalue weighted by atomic mass is 9.75. The van der Waals surface area contributed by atoms with Crippen LogP contribution in [0.4, 0.5) is 0 Å². The Morgan fingerprint density at radius 2 is 1.90 bits per heavy atom. The summed E-state index contributed by atoms with van der Waals surface area (Å²) in [5.41, 5.74) is 1.54. The number of nitrogens with zero attached hydrogens (tertiary/aromatic N) is 2. The molecule has 2 aromatic rings. The second kappa shape index (κ2) is 13.3. The molecule has 0 unspecified atom stereocenters. The molecule has 2 fully saturated rings. The smallest absolute Gasteiger partial charge is 0.243 e. The van der Waals surface area contributed by atoms with Crippen molar-refractivity contribution in [1.82, 2.24) is 25.7 Å². The highest BCUT2D eigenvalue weighted by Gasteiger charge is 2.41. The van der Waals surface area contributed by atoms with E-state index in [-0.39, 0.29) is 29.7 Å². The maximum absolute atomic E-state index is 13.7. The summed E-state index contributed by atoms with van der Waals surface area (Å²) in [4.78, 5) is 42.4. The predicted molar refractivity (Wildman–Crippen MR) is 151 cm³/mol. The van der Waals surface area contributed by atoms with Crippen molar-refractivity contribution in [3.05, 3.63) is 66.0 Å². The molecule has 1 aromatic heterocycles. The van der Waals surface area contributed by atoms with Crippen molar-refractivity contribution < 1.29 is 19.1 Å². The summed E-state index contributed by atoms with van der Waals surface area (Å²) in [6, 6.07) is 9.11. The second-order valence-corrected chi connectivity index (χ2v) is 11.5. The fraction of sp³-hybridized carbons (Fsp3) is 0.548. The minimum Gasteiger partial charge on any atom is -0.381 e. The molecule has 0 aliphatic carbocycles. The standard InChI is InChI=1S/C31H41N5O4/c37-28(11-6-9-24-20-32-33-21-24)36-16-12-26-25(22-36)10-4-5-13-31(14-17-40-18-15-31)30(39)35-27(29(38)34-26)19-23-7-2-1-3-8-23/h1-5,7-8,20-21,25-27H,6,9-19,22H2,(H,32,33)(H,34,38)(H,35,39)/b5-4+/t25-,26+,27-/m0/s1. The summed E-state index contributed by atoms with van der Waals surface area (Å²) in [6.07, 6.45) is 13.8. The van der Waals surface area contributed by atoms with E-state index in [0.717, 1.165) is 30.4 Å². The van der Waals surface area contributed by atoms with E-state index >= 15 is 0 Å². The first-order valence-electron chi connectivity index (χ1n) is 14.7. The average Bonchev–Trinajstić information content (AvgIpc) is 3.49. The first-order valence-corrected chi connectivity index (χ1v) is 14.7. The number of amides is 3. The molecule has 2 saturated heterocycles. The molecule has 3 aliphatic heterocycles. The molecular weight excluding hydrogens is 506 g/mol. The van der Waals surface area contributed by atoms with Crippen molar-refractivity contribution >= 4 is 17.7 Å². The number of aryl methyl sites for hydroxylation is 1. The van der Waals surface area contributed by atoms with Crippen LogP contribution in [0.1, 0.15) is 56.1 Å². The van der Waals surface area contributed by atoms with Crippen molar-refractivity contribution in [1.29, 1.82) is 0 Å². The number of allylic oxidation sites excluding steroid dienone is 2. The summed E-state index contributed by atoms with van der Waals surface area (Å²) in [7, 11) is 0. The lowest BCUT2D eigenvalue weighted by Crippen LogP contribution is -2.58. The van der Waals surface area contributed by atoms with Crippen molar-refractivity contribution in [3.8, 4) is 0 Å². The van der Waals surface area contributed by atoms with Crippen LogP contribution in [-0.4, -0.2) is 71.2 Å². The Morgan fingerprint density at radius 1 is 1.07 bits per heavy atom. The van der Waals surface area contributed by atoms with Gasteiger partial charge in [0.15, 0.2) is 0 Å². The van der Waals surface area contributed by atoms with Gasteiger partial charge in [-0.05, 0) is 56.1 Å². The minimum absolute atomic E-state index is 0.0567. The van der Waals surface area contributed by atoms with Crippen LogP contribution in [0.25, 0.3) is 0 Å². The molecule has 40 heavy (non-hydrogen) atoms. The van der Waals surface area contributed by atoms with Gasteiger partial charge in [0.05, 0.1) is 11.6 Å². The van der Waals surface area contributed by atoms with E-state index < -0.39 is 11.5 Å². The van der Waals surface area contributed by atoms with Crippen LogP contribution in [-0.2, 0) is 32.0 Å². The van der Waals surface area contributed by atoms with Gasteiger partial charge >= 0.3 is 0 Å². The minimum atomic E-state index is -0.666. The molecule has 9 heteroatoms. The highest BCUT2D eigenvalue weighted by atomic mass is 16.5. The Bertz CT molecular complexity index is 1160. The third kappa shape index (κ3) is 6.99. The third-order valence-electron chi connectivity index (χ3n) is 8.78. The Balaban J connectivity index is 1.30. The predicted octanol–water partition coefficient (Wildman–Crippen LogP) is 2.94. The Kier molecular flexibility index (Phi) is 9.31. The molecule has 9 nitrogen and oxygen atoms in total. The summed E-state index contributed by atoms with van der Waals surface area (Å²) in [5, 5.41) is 13.2. The number of fused-ring (bicyclic) bond motifs is 1. The number of carbonyl (C=O) groups is 3. The van der Waals surface area contributed by atoms with Gasteiger partial charge in [0, 0.05) is 57.3 Å². The van der Waals surface area contributed by atoms with Crippen LogP contribution >= 0.6 is 0 Å². The third-order valence-corrected chi connectivity index (χ3v) is 8.78. The molecule has 5 rings (SSSR count). The van der Waals surface area contributed by atoms with Gasteiger partial charge < -0.3 is 20.3 Å². The van der Waals surface area contributed by atoms with Crippen LogP contribution in [0.2, 0.25) is 0 Å². The zero-order chi connectivity index (χ0) is 27.8. The van der Waals surface area contributed by atoms with Crippen molar-refractivity contribution in [3.63, 3.8) is 0 Å². The summed E-state index contributed by atoms with van der Waals surface area (Å²) in [5.74, 6) is 0.0620. The van der Waals surface area contributed by atoms with Crippen LogP contribution in [0.3, 0.4) is 0 Å². The van der Waals surface area contributed by atoms with E-state index in [0.29, 0.717) is 64.8 Å². The van der Waals surface area contributed by atoms with Gasteiger partial charge in [0.25, 0.3) is 0 Å². The van der Waals surface area contributed by atoms with E-state index in [2.05, 4.69) is 33.0 Å². The normalized spacial score (nSPS) is 26.1. The number of rotatable bonds is 6. The summed E-state index contributed by atoms with van der Waals surface area (Å²) < 4.78 is 5.59. The summed E-state index contributed by atoms with van der Waals surface area (Å²) in [6.45, 7) is 2.32. The molecule has 4 heterocycles. The zero-order valence-electron chi connectivity index (χ0n) is 23.1. The molecule has 3 aliphatic rings. The van der Waals surface area contributed by atoms with Gasteiger partial charge in [0.1, 0.15) is 6.04 Å². The van der Waals surface area contributed by atoms with Crippen LogP contribution in [0.5, 0.6) is 0 Å². The number of ether oxygens (including phenoxy) is 1. The number of nitrogens with one attached hydrogen (secondary N) is 3. The second-order valence-electron chi connectivity index (χ2n) is 11.5. The van der Waals surface area contributed by atoms with E-state index in [4.69, 9.17) is 4.74 Å². The molecular formula is C31H41N5O4. The molecule has 214 valence electrons. The Hall–Kier alpha value is -3.46. The van der Waals surface area contributed by atoms with Gasteiger partial charge in [-0.25, -0.2) is 0 Å². The van der Waals surface area contributed by atoms with Crippen LogP contribution in [0.15, 0.2) is 54.9 Å². The van der Waals surface area contributed by atoms with Crippen molar-refractivity contribution in [2.24, 2.45) is 11.3 Å². The zero-order valence-corrected chi connectivity index (χ0v) is 23.1. The Morgan fingerprint density at radius 3 is 2.67 bits per heavy atom. The Labute approximate surface area is 236 Å². The highest BCUT2D eigenvalue weighted by Crippen LogP contribution is 2.36. The van der Waals surface area contributed by atoms with Gasteiger partial charge in [-0.1, -0.05) is 42.5 Å². The molecule has 0 saturated carbocycles. The number of hydrogen-bond donors (Lipinski definition) is 3. The number of aromatic nitrogens is 2. The number of aromatic amines is 1. The quantitative estimate of drug-likeness (QED) is 0.481. The summed E-state index contributed by atoms with van der Waals surface area (Å²) >= 11 is 0. The average molecular weight is 548 g/mol. The molecule has 1 spiro atoms. The lowest BCUT2D eigenvalue weighted by molar-refractivity contribution is -0.140. The number of benzene rings is 1. The van der Waals surface area contributed by atoms with Crippen molar-refractivity contribution in [2.45, 2.75) is 69.9 Å². The fourth-order valence-corrected chi connectivity index (χ4v) is 6.22. The highest BCUT2D eigenvalue weighted by molar-refractivity contribution is 5.90. The van der Waals surface area contributed by atoms with E-state index in [1.54, 1.807) is 6.20 Å². The van der Waals surface area contributed by atoms with Gasteiger partial charge in [-0.2, -0.15) is 5.10 Å². The van der Waals surface area contributed by atoms with E-state index in [1.165, 1.54) is 0 Å². The van der Waals surface area contributed by atoms with Crippen LogP contribution < -0.4 is 10.6 Å². The first kappa shape index (κ1) is 28.1. The molecule has 0 bridgehead atoms. The number of likely N-dealkylation sites (tertiary alicyclic amines) is 1. The number of carbonyl (C=O) groups excluding carboxylic acids is 3. The fourth-order valence-electron chi connectivity index (χ4n) is 6.22. The molecule has 3 N–H and O–H groups in total.